The van der Waals surface area contributed by atoms with Gasteiger partial charge in [0.25, 0.3) is 0 Å². The molecule has 1 rings (SSSR count). The first-order valence-electron chi connectivity index (χ1n) is 3.36. The summed E-state index contributed by atoms with van der Waals surface area (Å²) in [7, 11) is 2.05. The van der Waals surface area contributed by atoms with Crippen molar-refractivity contribution in [3.63, 3.8) is 0 Å². The van der Waals surface area contributed by atoms with E-state index in [0.717, 1.165) is 30.9 Å². The summed E-state index contributed by atoms with van der Waals surface area (Å²) in [5.41, 5.74) is 10.1. The zero-order valence-electron chi connectivity index (χ0n) is 6.22. The molecule has 10 heavy (non-hydrogen) atoms. The lowest BCUT2D eigenvalue weighted by molar-refractivity contribution is 0.337. The van der Waals surface area contributed by atoms with E-state index in [1.54, 1.807) is 0 Å². The van der Waals surface area contributed by atoms with Gasteiger partial charge in [-0.25, -0.2) is 0 Å². The maximum Gasteiger partial charge on any atom is 0.0586 e. The summed E-state index contributed by atoms with van der Waals surface area (Å²) < 4.78 is 0. The molecular formula is C6H16N4. The van der Waals surface area contributed by atoms with Crippen LogP contribution in [0.1, 0.15) is 7.85 Å². The highest BCUT2D eigenvalue weighted by Crippen LogP contribution is 2.08. The molecule has 5 N–H and O–H groups in total. The Morgan fingerprint density at radius 1 is 1.70 bits per heavy atom. The van der Waals surface area contributed by atoms with E-state index < -0.39 is 0 Å². The summed E-state index contributed by atoms with van der Waals surface area (Å²) in [4.78, 5) is 2.17. The Bertz CT molecular complexity index is 157. The maximum absolute atomic E-state index is 5.66. The van der Waals surface area contributed by atoms with E-state index in [1.165, 1.54) is 0 Å². The van der Waals surface area contributed by atoms with Gasteiger partial charge in [-0.2, -0.15) is 0 Å². The van der Waals surface area contributed by atoms with E-state index in [1.807, 2.05) is 7.05 Å². The molecule has 4 heteroatoms. The third-order valence-electron chi connectivity index (χ3n) is 1.75. The Morgan fingerprint density at radius 2 is 2.40 bits per heavy atom. The SMILES string of the molecule is CN1CCC(N)=C(NN)C1.[HH]. The molecule has 0 amide bonds. The highest BCUT2D eigenvalue weighted by Gasteiger charge is 2.11. The van der Waals surface area contributed by atoms with Crippen LogP contribution in [0.4, 0.5) is 0 Å². The molecule has 0 aromatic rings. The van der Waals surface area contributed by atoms with Gasteiger partial charge in [0.15, 0.2) is 0 Å². The molecule has 1 aliphatic heterocycles. The molecule has 0 saturated heterocycles. The molecule has 60 valence electrons. The molecule has 0 radical (unpaired) electrons. The van der Waals surface area contributed by atoms with Gasteiger partial charge in [0.1, 0.15) is 0 Å². The quantitative estimate of drug-likeness (QED) is 0.333. The van der Waals surface area contributed by atoms with Crippen molar-refractivity contribution in [2.45, 2.75) is 6.42 Å². The summed E-state index contributed by atoms with van der Waals surface area (Å²) in [6.45, 7) is 1.86. The molecule has 0 bridgehead atoms. The molecule has 0 aromatic heterocycles. The van der Waals surface area contributed by atoms with Crippen molar-refractivity contribution in [3.8, 4) is 0 Å². The number of nitrogens with two attached hydrogens (primary N) is 2. The van der Waals surface area contributed by atoms with Gasteiger partial charge in [-0.1, -0.05) is 0 Å². The summed E-state index contributed by atoms with van der Waals surface area (Å²) >= 11 is 0. The van der Waals surface area contributed by atoms with E-state index in [-0.39, 0.29) is 1.43 Å². The van der Waals surface area contributed by atoms with Gasteiger partial charge >= 0.3 is 0 Å². The second-order valence-corrected chi connectivity index (χ2v) is 2.64. The first kappa shape index (κ1) is 7.37. The van der Waals surface area contributed by atoms with Crippen molar-refractivity contribution >= 4 is 0 Å². The van der Waals surface area contributed by atoms with Crippen LogP contribution in [0, 0.1) is 0 Å². The molecule has 1 heterocycles. The van der Waals surface area contributed by atoms with Crippen LogP contribution in [-0.2, 0) is 0 Å². The topological polar surface area (TPSA) is 67.3 Å². The first-order valence-corrected chi connectivity index (χ1v) is 3.36. The van der Waals surface area contributed by atoms with Crippen molar-refractivity contribution in [1.29, 1.82) is 0 Å². The number of hydrazine groups is 1. The van der Waals surface area contributed by atoms with Gasteiger partial charge in [0, 0.05) is 26.6 Å². The smallest absolute Gasteiger partial charge is 0.0586 e. The largest absolute Gasteiger partial charge is 0.401 e. The molecule has 4 nitrogen and oxygen atoms in total. The van der Waals surface area contributed by atoms with E-state index in [4.69, 9.17) is 11.6 Å². The Morgan fingerprint density at radius 3 is 2.90 bits per heavy atom. The van der Waals surface area contributed by atoms with E-state index in [9.17, 15) is 0 Å². The molecule has 1 aliphatic rings. The normalized spacial score (nSPS) is 21.4. The molecule has 0 aliphatic carbocycles. The lowest BCUT2D eigenvalue weighted by atomic mass is 10.2. The van der Waals surface area contributed by atoms with Crippen molar-refractivity contribution < 1.29 is 1.43 Å². The van der Waals surface area contributed by atoms with Crippen molar-refractivity contribution in [2.75, 3.05) is 20.1 Å². The van der Waals surface area contributed by atoms with Crippen LogP contribution in [0.2, 0.25) is 0 Å². The number of nitrogens with one attached hydrogen (secondary N) is 1. The third kappa shape index (κ3) is 1.40. The van der Waals surface area contributed by atoms with Crippen LogP contribution in [0.25, 0.3) is 0 Å². The van der Waals surface area contributed by atoms with E-state index in [2.05, 4.69) is 10.3 Å². The van der Waals surface area contributed by atoms with Crippen molar-refractivity contribution in [1.82, 2.24) is 10.3 Å². The Kier molecular flexibility index (Phi) is 2.13. The van der Waals surface area contributed by atoms with E-state index in [0.29, 0.717) is 0 Å². The van der Waals surface area contributed by atoms with Crippen LogP contribution in [0.3, 0.4) is 0 Å². The summed E-state index contributed by atoms with van der Waals surface area (Å²) in [5, 5.41) is 0. The van der Waals surface area contributed by atoms with Crippen LogP contribution in [0.5, 0.6) is 0 Å². The monoisotopic (exact) mass is 144 g/mol. The minimum Gasteiger partial charge on any atom is -0.401 e. The molecule has 0 saturated carbocycles. The first-order chi connectivity index (χ1) is 4.74. The Hall–Kier alpha value is -0.740. The zero-order valence-corrected chi connectivity index (χ0v) is 6.22. The zero-order chi connectivity index (χ0) is 7.56. The van der Waals surface area contributed by atoms with Crippen LogP contribution in [0.15, 0.2) is 11.4 Å². The maximum atomic E-state index is 5.66. The van der Waals surface area contributed by atoms with Gasteiger partial charge < -0.3 is 16.1 Å². The number of rotatable bonds is 1. The highest BCUT2D eigenvalue weighted by atomic mass is 15.3. The van der Waals surface area contributed by atoms with E-state index >= 15 is 0 Å². The van der Waals surface area contributed by atoms with Gasteiger partial charge in [-0.05, 0) is 7.05 Å². The molecule has 0 spiro atoms. The third-order valence-corrected chi connectivity index (χ3v) is 1.75. The molecule has 0 unspecified atom stereocenters. The van der Waals surface area contributed by atoms with Crippen LogP contribution in [-0.4, -0.2) is 25.0 Å². The summed E-state index contributed by atoms with van der Waals surface area (Å²) in [6, 6.07) is 0. The average Bonchev–Trinajstić information content (AvgIpc) is 1.94. The molecular weight excluding hydrogens is 128 g/mol. The van der Waals surface area contributed by atoms with Gasteiger partial charge in [-0.3, -0.25) is 5.84 Å². The second kappa shape index (κ2) is 2.90. The minimum atomic E-state index is 0. The van der Waals surface area contributed by atoms with Gasteiger partial charge in [0.2, 0.25) is 0 Å². The number of likely N-dealkylation sites (N-methyl/N-ethyl adjacent to an activating group) is 1. The van der Waals surface area contributed by atoms with Crippen molar-refractivity contribution in [2.24, 2.45) is 11.6 Å². The van der Waals surface area contributed by atoms with Gasteiger partial charge in [-0.15, -0.1) is 0 Å². The number of nitrogens with zero attached hydrogens (tertiary/aromatic N) is 1. The number of hydrogen-bond acceptors (Lipinski definition) is 4. The van der Waals surface area contributed by atoms with Gasteiger partial charge in [0.05, 0.1) is 5.70 Å². The highest BCUT2D eigenvalue weighted by molar-refractivity contribution is 5.13. The second-order valence-electron chi connectivity index (χ2n) is 2.64. The fraction of sp³-hybridized carbons (Fsp3) is 0.667. The predicted octanol–water partition coefficient (Wildman–Crippen LogP) is -0.798. The molecule has 0 fully saturated rings. The van der Waals surface area contributed by atoms with Crippen LogP contribution >= 0.6 is 0 Å². The van der Waals surface area contributed by atoms with Crippen molar-refractivity contribution in [3.05, 3.63) is 11.4 Å². The lowest BCUT2D eigenvalue weighted by Gasteiger charge is -2.25. The Balaban J connectivity index is 0.000001000. The predicted molar refractivity (Wildman–Crippen MR) is 42.8 cm³/mol. The average molecular weight is 144 g/mol. The number of hydrogen-bond donors (Lipinski definition) is 3. The summed E-state index contributed by atoms with van der Waals surface area (Å²) in [5.74, 6) is 5.24. The fourth-order valence-corrected chi connectivity index (χ4v) is 1.05. The Labute approximate surface area is 62.3 Å². The fourth-order valence-electron chi connectivity index (χ4n) is 1.05. The standard InChI is InChI=1S/C6H14N4.H2/c1-10-3-2-5(7)6(4-10)9-8;/h9H,2-4,7-8H2,1H3;1H. The lowest BCUT2D eigenvalue weighted by Crippen LogP contribution is -2.38. The van der Waals surface area contributed by atoms with Crippen LogP contribution < -0.4 is 17.0 Å². The minimum absolute atomic E-state index is 0. The summed E-state index contributed by atoms with van der Waals surface area (Å²) in [6.07, 6.45) is 0.913. The molecule has 0 aromatic carbocycles. The molecule has 0 atom stereocenters.